The number of carbonyl (C=O) groups excluding carboxylic acids is 1. The van der Waals surface area contributed by atoms with E-state index in [0.717, 1.165) is 24.0 Å². The topological polar surface area (TPSA) is 102 Å². The van der Waals surface area contributed by atoms with Crippen LogP contribution in [-0.2, 0) is 21.4 Å². The van der Waals surface area contributed by atoms with Gasteiger partial charge in [0.25, 0.3) is 0 Å². The number of oxazole rings is 1. The lowest BCUT2D eigenvalue weighted by atomic mass is 10.1. The molecule has 1 amide bonds. The van der Waals surface area contributed by atoms with Crippen molar-refractivity contribution < 1.29 is 17.6 Å². The highest BCUT2D eigenvalue weighted by atomic mass is 32.2. The summed E-state index contributed by atoms with van der Waals surface area (Å²) in [5.74, 6) is -1.09. The molecule has 1 saturated heterocycles. The van der Waals surface area contributed by atoms with Crippen LogP contribution in [0.3, 0.4) is 0 Å². The molecule has 0 aliphatic carbocycles. The summed E-state index contributed by atoms with van der Waals surface area (Å²) in [5, 5.41) is 2.77. The maximum atomic E-state index is 12.7. The summed E-state index contributed by atoms with van der Waals surface area (Å²) in [6.45, 7) is 4.67. The molecular weight excluding hydrogens is 406 g/mol. The summed E-state index contributed by atoms with van der Waals surface area (Å²) in [6.07, 6.45) is 1.67. The summed E-state index contributed by atoms with van der Waals surface area (Å²) < 4.78 is 33.3. The highest BCUT2D eigenvalue weighted by molar-refractivity contribution is 7.89. The molecule has 8 nitrogen and oxygen atoms in total. The fourth-order valence-corrected chi connectivity index (χ4v) is 5.13. The Morgan fingerprint density at radius 2 is 1.80 bits per heavy atom. The largest absolute Gasteiger partial charge is 0.420 e. The third-order valence-corrected chi connectivity index (χ3v) is 7.33. The number of aromatic nitrogens is 1. The first-order valence-corrected chi connectivity index (χ1v) is 11.2. The Labute approximate surface area is 174 Å². The minimum absolute atomic E-state index is 0.0809. The second-order valence-electron chi connectivity index (χ2n) is 7.54. The highest BCUT2D eigenvalue weighted by Gasteiger charge is 2.28. The standard InChI is InChI=1S/C21H23N3O5S/c1-14-5-6-16(11-15(14)2)22-20(25)13-24-18-8-7-17(12-19(18)29-21(24)26)30(27,28)23-9-3-4-10-23/h5-8,11-12H,3-4,9-10,13H2,1-2H3,(H,22,25). The second kappa shape index (κ2) is 7.73. The molecule has 1 fully saturated rings. The van der Waals surface area contributed by atoms with Gasteiger partial charge < -0.3 is 9.73 Å². The molecule has 1 N–H and O–H groups in total. The first-order valence-electron chi connectivity index (χ1n) is 9.76. The maximum absolute atomic E-state index is 12.7. The third kappa shape index (κ3) is 3.78. The van der Waals surface area contributed by atoms with E-state index in [4.69, 9.17) is 4.42 Å². The van der Waals surface area contributed by atoms with Gasteiger partial charge in [-0.25, -0.2) is 13.2 Å². The van der Waals surface area contributed by atoms with Crippen LogP contribution in [-0.4, -0.2) is 36.3 Å². The zero-order valence-electron chi connectivity index (χ0n) is 16.8. The quantitative estimate of drug-likeness (QED) is 0.672. The van der Waals surface area contributed by atoms with Crippen LogP contribution in [0.15, 0.2) is 50.5 Å². The Balaban J connectivity index is 1.59. The summed E-state index contributed by atoms with van der Waals surface area (Å²) in [7, 11) is -3.62. The number of hydrogen-bond acceptors (Lipinski definition) is 5. The van der Waals surface area contributed by atoms with Gasteiger partial charge in [-0.2, -0.15) is 4.31 Å². The van der Waals surface area contributed by atoms with Gasteiger partial charge in [-0.3, -0.25) is 9.36 Å². The normalized spacial score (nSPS) is 15.0. The van der Waals surface area contributed by atoms with E-state index in [9.17, 15) is 18.0 Å². The van der Waals surface area contributed by atoms with Crippen molar-refractivity contribution >= 4 is 32.7 Å². The summed E-state index contributed by atoms with van der Waals surface area (Å²) in [4.78, 5) is 24.8. The van der Waals surface area contributed by atoms with Crippen LogP contribution in [0.4, 0.5) is 5.69 Å². The van der Waals surface area contributed by atoms with Crippen LogP contribution >= 0.6 is 0 Å². The number of nitrogens with one attached hydrogen (secondary N) is 1. The average molecular weight is 429 g/mol. The fourth-order valence-electron chi connectivity index (χ4n) is 3.60. The number of amides is 1. The molecule has 4 rings (SSSR count). The lowest BCUT2D eigenvalue weighted by Gasteiger charge is -2.15. The van der Waals surface area contributed by atoms with Crippen LogP contribution in [0.25, 0.3) is 11.1 Å². The Morgan fingerprint density at radius 3 is 2.50 bits per heavy atom. The molecular formula is C21H23N3O5S. The molecule has 0 bridgehead atoms. The molecule has 0 unspecified atom stereocenters. The summed E-state index contributed by atoms with van der Waals surface area (Å²) in [5.41, 5.74) is 3.31. The van der Waals surface area contributed by atoms with Crippen molar-refractivity contribution in [1.29, 1.82) is 0 Å². The van der Waals surface area contributed by atoms with Crippen molar-refractivity contribution in [1.82, 2.24) is 8.87 Å². The molecule has 0 saturated carbocycles. The lowest BCUT2D eigenvalue weighted by molar-refractivity contribution is -0.116. The molecule has 0 radical (unpaired) electrons. The number of sulfonamides is 1. The molecule has 1 aromatic heterocycles. The molecule has 2 aromatic carbocycles. The number of hydrogen-bond donors (Lipinski definition) is 1. The number of aryl methyl sites for hydroxylation is 2. The number of anilines is 1. The van der Waals surface area contributed by atoms with Crippen molar-refractivity contribution in [3.8, 4) is 0 Å². The Kier molecular flexibility index (Phi) is 5.25. The molecule has 0 spiro atoms. The minimum Gasteiger partial charge on any atom is -0.408 e. The number of benzene rings is 2. The van der Waals surface area contributed by atoms with Gasteiger partial charge in [0.15, 0.2) is 5.58 Å². The van der Waals surface area contributed by atoms with Crippen LogP contribution < -0.4 is 11.1 Å². The van der Waals surface area contributed by atoms with Gasteiger partial charge in [0.2, 0.25) is 15.9 Å². The van der Waals surface area contributed by atoms with E-state index in [2.05, 4.69) is 5.32 Å². The van der Waals surface area contributed by atoms with Gasteiger partial charge >= 0.3 is 5.76 Å². The van der Waals surface area contributed by atoms with Gasteiger partial charge in [0.05, 0.1) is 10.4 Å². The van der Waals surface area contributed by atoms with E-state index in [1.807, 2.05) is 26.0 Å². The Morgan fingerprint density at radius 1 is 1.07 bits per heavy atom. The monoisotopic (exact) mass is 429 g/mol. The van der Waals surface area contributed by atoms with Crippen molar-refractivity contribution in [3.05, 3.63) is 58.1 Å². The zero-order chi connectivity index (χ0) is 21.5. The van der Waals surface area contributed by atoms with Gasteiger partial charge in [-0.05, 0) is 62.1 Å². The number of fused-ring (bicyclic) bond motifs is 1. The van der Waals surface area contributed by atoms with Crippen molar-refractivity contribution in [2.45, 2.75) is 38.1 Å². The van der Waals surface area contributed by atoms with Gasteiger partial charge in [0.1, 0.15) is 6.54 Å². The predicted octanol–water partition coefficient (Wildman–Crippen LogP) is 2.63. The Bertz CT molecular complexity index is 1280. The average Bonchev–Trinajstić information content (AvgIpc) is 3.34. The maximum Gasteiger partial charge on any atom is 0.420 e. The van der Waals surface area contributed by atoms with Gasteiger partial charge in [-0.1, -0.05) is 6.07 Å². The van der Waals surface area contributed by atoms with E-state index in [1.165, 1.54) is 27.1 Å². The Hall–Kier alpha value is -2.91. The van der Waals surface area contributed by atoms with Gasteiger partial charge in [-0.15, -0.1) is 0 Å². The molecule has 1 aliphatic heterocycles. The zero-order valence-corrected chi connectivity index (χ0v) is 17.7. The van der Waals surface area contributed by atoms with E-state index in [0.29, 0.717) is 24.3 Å². The van der Waals surface area contributed by atoms with Crippen LogP contribution in [0, 0.1) is 13.8 Å². The predicted molar refractivity (Wildman–Crippen MR) is 113 cm³/mol. The first-order chi connectivity index (χ1) is 14.3. The van der Waals surface area contributed by atoms with E-state index in [-0.39, 0.29) is 22.9 Å². The molecule has 1 aliphatic rings. The summed E-state index contributed by atoms with van der Waals surface area (Å²) >= 11 is 0. The fraction of sp³-hybridized carbons (Fsp3) is 0.333. The van der Waals surface area contributed by atoms with Crippen molar-refractivity contribution in [2.24, 2.45) is 0 Å². The lowest BCUT2D eigenvalue weighted by Crippen LogP contribution is -2.27. The molecule has 0 atom stereocenters. The van der Waals surface area contributed by atoms with Crippen molar-refractivity contribution in [2.75, 3.05) is 18.4 Å². The molecule has 3 aromatic rings. The number of nitrogens with zero attached hydrogens (tertiary/aromatic N) is 2. The van der Waals surface area contributed by atoms with Crippen LogP contribution in [0.5, 0.6) is 0 Å². The summed E-state index contributed by atoms with van der Waals surface area (Å²) in [6, 6.07) is 9.87. The van der Waals surface area contributed by atoms with E-state index >= 15 is 0 Å². The SMILES string of the molecule is Cc1ccc(NC(=O)Cn2c(=O)oc3cc(S(=O)(=O)N4CCCC4)ccc32)cc1C. The molecule has 2 heterocycles. The van der Waals surface area contributed by atoms with E-state index < -0.39 is 15.8 Å². The minimum atomic E-state index is -3.62. The van der Waals surface area contributed by atoms with Crippen molar-refractivity contribution in [3.63, 3.8) is 0 Å². The highest BCUT2D eigenvalue weighted by Crippen LogP contribution is 2.24. The number of rotatable bonds is 5. The number of carbonyl (C=O) groups is 1. The van der Waals surface area contributed by atoms with Crippen LogP contribution in [0.1, 0.15) is 24.0 Å². The first kappa shape index (κ1) is 20.4. The van der Waals surface area contributed by atoms with Crippen LogP contribution in [0.2, 0.25) is 0 Å². The smallest absolute Gasteiger partial charge is 0.408 e. The molecule has 30 heavy (non-hydrogen) atoms. The second-order valence-corrected chi connectivity index (χ2v) is 9.48. The van der Waals surface area contributed by atoms with Gasteiger partial charge in [0, 0.05) is 24.8 Å². The van der Waals surface area contributed by atoms with E-state index in [1.54, 1.807) is 6.07 Å². The molecule has 158 valence electrons. The molecule has 9 heteroatoms. The third-order valence-electron chi connectivity index (χ3n) is 5.43.